The Balaban J connectivity index is 3.20. The molecule has 0 radical (unpaired) electrons. The number of benzene rings is 1. The second-order valence-corrected chi connectivity index (χ2v) is 5.19. The molecule has 0 spiro atoms. The van der Waals surface area contributed by atoms with E-state index in [-0.39, 0.29) is 11.7 Å². The smallest absolute Gasteiger partial charge is 0.166 e. The van der Waals surface area contributed by atoms with Crippen LogP contribution in [-0.2, 0) is 0 Å². The number of unbranched alkanes of at least 4 members (excludes halogenated alkanes) is 1. The molecule has 0 N–H and O–H groups in total. The van der Waals surface area contributed by atoms with Gasteiger partial charge >= 0.3 is 0 Å². The largest absolute Gasteiger partial charge is 0.496 e. The third-order valence-electron chi connectivity index (χ3n) is 2.97. The van der Waals surface area contributed by atoms with Crippen molar-refractivity contribution in [3.8, 4) is 5.75 Å². The topological polar surface area (TPSA) is 26.3 Å². The number of carbonyl (C=O) groups is 1. The molecule has 1 aromatic carbocycles. The molecule has 1 aromatic rings. The maximum Gasteiger partial charge on any atom is 0.166 e. The van der Waals surface area contributed by atoms with E-state index >= 15 is 0 Å². The Morgan fingerprint density at radius 2 is 2.06 bits per heavy atom. The van der Waals surface area contributed by atoms with Crippen molar-refractivity contribution in [2.24, 2.45) is 0 Å². The summed E-state index contributed by atoms with van der Waals surface area (Å²) in [6.07, 6.45) is 2.45. The van der Waals surface area contributed by atoms with Gasteiger partial charge in [0.2, 0.25) is 0 Å². The van der Waals surface area contributed by atoms with Crippen molar-refractivity contribution in [3.63, 3.8) is 0 Å². The summed E-state index contributed by atoms with van der Waals surface area (Å²) in [6.45, 7) is 6.20. The zero-order valence-corrected chi connectivity index (χ0v) is 12.3. The highest BCUT2D eigenvalue weighted by Crippen LogP contribution is 2.34. The van der Waals surface area contributed by atoms with Crippen LogP contribution in [0.15, 0.2) is 12.1 Å². The summed E-state index contributed by atoms with van der Waals surface area (Å²) in [6, 6.07) is 3.59. The molecule has 0 saturated carbocycles. The molecule has 18 heavy (non-hydrogen) atoms. The van der Waals surface area contributed by atoms with Crippen LogP contribution in [0, 0.1) is 0 Å². The minimum Gasteiger partial charge on any atom is -0.496 e. The van der Waals surface area contributed by atoms with Crippen molar-refractivity contribution >= 4 is 17.4 Å². The minimum absolute atomic E-state index is 0.109. The van der Waals surface area contributed by atoms with E-state index in [0.29, 0.717) is 22.8 Å². The van der Waals surface area contributed by atoms with Gasteiger partial charge in [0.05, 0.1) is 12.7 Å². The first-order valence-corrected chi connectivity index (χ1v) is 6.79. The van der Waals surface area contributed by atoms with E-state index in [9.17, 15) is 4.79 Å². The van der Waals surface area contributed by atoms with Gasteiger partial charge in [0.25, 0.3) is 0 Å². The molecule has 1 rings (SSSR count). The monoisotopic (exact) mass is 268 g/mol. The fourth-order valence-corrected chi connectivity index (χ4v) is 2.18. The lowest BCUT2D eigenvalue weighted by molar-refractivity contribution is 0.0976. The van der Waals surface area contributed by atoms with Crippen LogP contribution in [0.5, 0.6) is 5.75 Å². The first kappa shape index (κ1) is 15.0. The minimum atomic E-state index is 0.109. The molecule has 100 valence electrons. The summed E-state index contributed by atoms with van der Waals surface area (Å²) in [5.74, 6) is 1.06. The number of rotatable bonds is 6. The highest BCUT2D eigenvalue weighted by molar-refractivity contribution is 6.31. The molecule has 0 saturated heterocycles. The Hall–Kier alpha value is -1.02. The maximum absolute atomic E-state index is 12.2. The van der Waals surface area contributed by atoms with E-state index in [4.69, 9.17) is 16.3 Å². The van der Waals surface area contributed by atoms with Gasteiger partial charge in [-0.3, -0.25) is 4.79 Å². The molecule has 0 heterocycles. The van der Waals surface area contributed by atoms with Crippen molar-refractivity contribution in [1.29, 1.82) is 0 Å². The number of hydrogen-bond donors (Lipinski definition) is 0. The second kappa shape index (κ2) is 6.79. The molecule has 0 aromatic heterocycles. The highest BCUT2D eigenvalue weighted by atomic mass is 35.5. The molecule has 0 fully saturated rings. The molecule has 0 bridgehead atoms. The van der Waals surface area contributed by atoms with Gasteiger partial charge in [-0.1, -0.05) is 38.8 Å². The van der Waals surface area contributed by atoms with Gasteiger partial charge in [-0.2, -0.15) is 0 Å². The average Bonchev–Trinajstić information content (AvgIpc) is 2.34. The summed E-state index contributed by atoms with van der Waals surface area (Å²) in [5.41, 5.74) is 1.60. The van der Waals surface area contributed by atoms with E-state index in [1.165, 1.54) is 0 Å². The van der Waals surface area contributed by atoms with Gasteiger partial charge in [0, 0.05) is 11.4 Å². The lowest BCUT2D eigenvalue weighted by Crippen LogP contribution is -2.05. The Morgan fingerprint density at radius 1 is 1.39 bits per heavy atom. The normalized spacial score (nSPS) is 10.8. The van der Waals surface area contributed by atoms with Gasteiger partial charge < -0.3 is 4.74 Å². The van der Waals surface area contributed by atoms with Gasteiger partial charge in [-0.05, 0) is 30.0 Å². The number of hydrogen-bond acceptors (Lipinski definition) is 2. The summed E-state index contributed by atoms with van der Waals surface area (Å²) in [7, 11) is 1.60. The molecule has 2 nitrogen and oxygen atoms in total. The van der Waals surface area contributed by atoms with Gasteiger partial charge in [0.15, 0.2) is 5.78 Å². The maximum atomic E-state index is 12.2. The summed E-state index contributed by atoms with van der Waals surface area (Å²) >= 11 is 6.09. The lowest BCUT2D eigenvalue weighted by Gasteiger charge is -2.16. The van der Waals surface area contributed by atoms with Crippen LogP contribution in [0.25, 0.3) is 0 Å². The van der Waals surface area contributed by atoms with Gasteiger partial charge in [0.1, 0.15) is 5.75 Å². The zero-order chi connectivity index (χ0) is 13.7. The number of ether oxygens (including phenoxy) is 1. The molecular weight excluding hydrogens is 248 g/mol. The number of Topliss-reactive ketones (excluding diaryl/α,β-unsaturated/α-hetero) is 1. The molecule has 3 heteroatoms. The number of ketones is 1. The third-order valence-corrected chi connectivity index (χ3v) is 3.18. The van der Waals surface area contributed by atoms with Crippen LogP contribution in [0.4, 0.5) is 0 Å². The Kier molecular flexibility index (Phi) is 5.67. The Morgan fingerprint density at radius 3 is 2.56 bits per heavy atom. The van der Waals surface area contributed by atoms with Crippen molar-refractivity contribution in [2.45, 2.75) is 46.0 Å². The van der Waals surface area contributed by atoms with Gasteiger partial charge in [-0.15, -0.1) is 0 Å². The molecule has 0 atom stereocenters. The van der Waals surface area contributed by atoms with Crippen LogP contribution in [0.2, 0.25) is 5.02 Å². The SMILES string of the molecule is CCCCC(=O)c1cc(Cl)cc(C(C)C)c1OC. The number of carbonyl (C=O) groups excluding carboxylic acids is 1. The van der Waals surface area contributed by atoms with Crippen LogP contribution < -0.4 is 4.74 Å². The molecular formula is C15H21ClO2. The number of halogens is 1. The predicted octanol–water partition coefficient (Wildman–Crippen LogP) is 4.84. The quantitative estimate of drug-likeness (QED) is 0.690. The zero-order valence-electron chi connectivity index (χ0n) is 11.5. The first-order chi connectivity index (χ1) is 8.51. The standard InChI is InChI=1S/C15H21ClO2/c1-5-6-7-14(17)13-9-11(16)8-12(10(2)3)15(13)18-4/h8-10H,5-7H2,1-4H3. The van der Waals surface area contributed by atoms with E-state index in [0.717, 1.165) is 18.4 Å². The van der Waals surface area contributed by atoms with Crippen LogP contribution in [0.1, 0.15) is 61.9 Å². The van der Waals surface area contributed by atoms with Crippen molar-refractivity contribution in [1.82, 2.24) is 0 Å². The summed E-state index contributed by atoms with van der Waals surface area (Å²) in [4.78, 5) is 12.2. The fourth-order valence-electron chi connectivity index (χ4n) is 1.95. The van der Waals surface area contributed by atoms with E-state index in [1.54, 1.807) is 13.2 Å². The van der Waals surface area contributed by atoms with E-state index in [2.05, 4.69) is 20.8 Å². The third kappa shape index (κ3) is 3.49. The number of methoxy groups -OCH3 is 1. The molecule has 0 unspecified atom stereocenters. The molecule has 0 aliphatic heterocycles. The molecule has 0 aliphatic rings. The fraction of sp³-hybridized carbons (Fsp3) is 0.533. The van der Waals surface area contributed by atoms with Crippen molar-refractivity contribution < 1.29 is 9.53 Å². The average molecular weight is 269 g/mol. The molecule has 0 amide bonds. The Labute approximate surface area is 114 Å². The lowest BCUT2D eigenvalue weighted by atomic mass is 9.96. The molecule has 0 aliphatic carbocycles. The second-order valence-electron chi connectivity index (χ2n) is 4.76. The van der Waals surface area contributed by atoms with Crippen LogP contribution in [-0.4, -0.2) is 12.9 Å². The predicted molar refractivity (Wildman–Crippen MR) is 75.9 cm³/mol. The van der Waals surface area contributed by atoms with Crippen molar-refractivity contribution in [3.05, 3.63) is 28.3 Å². The summed E-state index contributed by atoms with van der Waals surface area (Å²) in [5, 5.41) is 0.597. The van der Waals surface area contributed by atoms with Crippen molar-refractivity contribution in [2.75, 3.05) is 7.11 Å². The first-order valence-electron chi connectivity index (χ1n) is 6.41. The Bertz CT molecular complexity index is 425. The van der Waals surface area contributed by atoms with Crippen LogP contribution in [0.3, 0.4) is 0 Å². The van der Waals surface area contributed by atoms with E-state index in [1.807, 2.05) is 6.07 Å². The van der Waals surface area contributed by atoms with Crippen LogP contribution >= 0.6 is 11.6 Å². The van der Waals surface area contributed by atoms with Gasteiger partial charge in [-0.25, -0.2) is 0 Å². The van der Waals surface area contributed by atoms with E-state index < -0.39 is 0 Å². The summed E-state index contributed by atoms with van der Waals surface area (Å²) < 4.78 is 5.41. The highest BCUT2D eigenvalue weighted by Gasteiger charge is 2.18.